The monoisotopic (exact) mass is 813 g/mol. The molecule has 2 nitrogen and oxygen atoms in total. The summed E-state index contributed by atoms with van der Waals surface area (Å²) in [5, 5.41) is 14.3. The smallest absolute Gasteiger partial charge is 0.145 e. The summed E-state index contributed by atoms with van der Waals surface area (Å²) in [6, 6.07) is 86.1. The Bertz CT molecular complexity index is 3960. The van der Waals surface area contributed by atoms with Crippen molar-refractivity contribution in [3.63, 3.8) is 0 Å². The number of benzene rings is 12. The average molecular weight is 814 g/mol. The number of rotatable bonds is 6. The summed E-state index contributed by atoms with van der Waals surface area (Å²) in [7, 11) is 0. The maximum absolute atomic E-state index is 6.76. The van der Waals surface area contributed by atoms with Crippen LogP contribution in [0.3, 0.4) is 0 Å². The molecule has 0 aliphatic carbocycles. The van der Waals surface area contributed by atoms with Crippen molar-refractivity contribution in [1.82, 2.24) is 0 Å². The van der Waals surface area contributed by atoms with Crippen LogP contribution in [0.15, 0.2) is 241 Å². The molecular formula is C62H39NO. The fourth-order valence-electron chi connectivity index (χ4n) is 10.2. The van der Waals surface area contributed by atoms with Gasteiger partial charge in [-0.05, 0) is 130 Å². The number of furan rings is 1. The molecule has 0 N–H and O–H groups in total. The minimum atomic E-state index is 0.877. The first kappa shape index (κ1) is 36.2. The van der Waals surface area contributed by atoms with Crippen LogP contribution in [0.1, 0.15) is 0 Å². The van der Waals surface area contributed by atoms with Gasteiger partial charge < -0.3 is 9.32 Å². The topological polar surface area (TPSA) is 16.4 Å². The third-order valence-electron chi connectivity index (χ3n) is 13.2. The lowest BCUT2D eigenvalue weighted by molar-refractivity contribution is 0.672. The maximum atomic E-state index is 6.76. The molecule has 12 aromatic carbocycles. The molecule has 0 spiro atoms. The van der Waals surface area contributed by atoms with Crippen LogP contribution in [0.25, 0.3) is 109 Å². The third kappa shape index (κ3) is 5.81. The first-order chi connectivity index (χ1) is 31.7. The zero-order valence-electron chi connectivity index (χ0n) is 34.9. The number of hydrogen-bond acceptors (Lipinski definition) is 2. The first-order valence-electron chi connectivity index (χ1n) is 22.0. The summed E-state index contributed by atoms with van der Waals surface area (Å²) >= 11 is 0. The van der Waals surface area contributed by atoms with E-state index in [-0.39, 0.29) is 0 Å². The van der Waals surface area contributed by atoms with Crippen molar-refractivity contribution in [3.8, 4) is 33.4 Å². The molecule has 13 rings (SSSR count). The van der Waals surface area contributed by atoms with Crippen LogP contribution >= 0.6 is 0 Å². The lowest BCUT2D eigenvalue weighted by Crippen LogP contribution is -2.10. The molecule has 0 atom stereocenters. The molecule has 0 aliphatic rings. The molecule has 0 saturated carbocycles. The van der Waals surface area contributed by atoms with Crippen LogP contribution in [0.5, 0.6) is 0 Å². The largest absolute Gasteiger partial charge is 0.455 e. The average Bonchev–Trinajstić information content (AvgIpc) is 3.77. The molecule has 64 heavy (non-hydrogen) atoms. The second-order valence-electron chi connectivity index (χ2n) is 16.8. The van der Waals surface area contributed by atoms with Gasteiger partial charge in [0.2, 0.25) is 0 Å². The lowest BCUT2D eigenvalue weighted by Gasteiger charge is -2.27. The minimum absolute atomic E-state index is 0.877. The van der Waals surface area contributed by atoms with Crippen molar-refractivity contribution in [3.05, 3.63) is 237 Å². The highest BCUT2D eigenvalue weighted by molar-refractivity contribution is 6.22. The lowest BCUT2D eigenvalue weighted by atomic mass is 9.92. The number of nitrogens with zero attached hydrogens (tertiary/aromatic N) is 1. The van der Waals surface area contributed by atoms with Crippen LogP contribution < -0.4 is 4.90 Å². The van der Waals surface area contributed by atoms with Gasteiger partial charge in [-0.15, -0.1) is 0 Å². The van der Waals surface area contributed by atoms with Gasteiger partial charge in [0.05, 0.1) is 11.1 Å². The van der Waals surface area contributed by atoms with Crippen molar-refractivity contribution < 1.29 is 4.42 Å². The Balaban J connectivity index is 1.02. The van der Waals surface area contributed by atoms with E-state index in [2.05, 4.69) is 241 Å². The van der Waals surface area contributed by atoms with Crippen molar-refractivity contribution >= 4 is 92.9 Å². The SMILES string of the molecule is c1ccc(-c2ccc(-c3ccc(N(c4ccc5ccc(-c6cc7ccccc7c7ccccc67)cc5c4)c4cc5ccccc5c5oc6ccccc6c45)cc3)c3ccccc23)cc1. The summed E-state index contributed by atoms with van der Waals surface area (Å²) in [5.41, 5.74) is 12.2. The van der Waals surface area contributed by atoms with E-state index >= 15 is 0 Å². The molecule has 0 unspecified atom stereocenters. The zero-order valence-corrected chi connectivity index (χ0v) is 34.9. The molecule has 0 saturated heterocycles. The Morgan fingerprint density at radius 1 is 0.281 bits per heavy atom. The fourth-order valence-corrected chi connectivity index (χ4v) is 10.2. The van der Waals surface area contributed by atoms with Gasteiger partial charge in [0.1, 0.15) is 11.2 Å². The second kappa shape index (κ2) is 14.6. The Morgan fingerprint density at radius 2 is 0.812 bits per heavy atom. The summed E-state index contributed by atoms with van der Waals surface area (Å²) in [6.07, 6.45) is 0. The highest BCUT2D eigenvalue weighted by atomic mass is 16.3. The molecule has 1 aromatic heterocycles. The summed E-state index contributed by atoms with van der Waals surface area (Å²) in [5.74, 6) is 0. The van der Waals surface area contributed by atoms with Crippen molar-refractivity contribution in [1.29, 1.82) is 0 Å². The fraction of sp³-hybridized carbons (Fsp3) is 0. The van der Waals surface area contributed by atoms with E-state index in [1.165, 1.54) is 76.5 Å². The van der Waals surface area contributed by atoms with E-state index < -0.39 is 0 Å². The number of fused-ring (bicyclic) bond motifs is 10. The summed E-state index contributed by atoms with van der Waals surface area (Å²) < 4.78 is 6.76. The van der Waals surface area contributed by atoms with Crippen molar-refractivity contribution in [2.75, 3.05) is 4.90 Å². The molecule has 298 valence electrons. The molecule has 0 amide bonds. The van der Waals surface area contributed by atoms with Crippen LogP contribution in [-0.2, 0) is 0 Å². The van der Waals surface area contributed by atoms with Gasteiger partial charge in [0.15, 0.2) is 0 Å². The number of hydrogen-bond donors (Lipinski definition) is 0. The third-order valence-corrected chi connectivity index (χ3v) is 13.2. The van der Waals surface area contributed by atoms with Crippen LogP contribution in [0.2, 0.25) is 0 Å². The van der Waals surface area contributed by atoms with E-state index in [1.807, 2.05) is 0 Å². The molecular weight excluding hydrogens is 775 g/mol. The molecule has 0 bridgehead atoms. The van der Waals surface area contributed by atoms with E-state index in [9.17, 15) is 0 Å². The van der Waals surface area contributed by atoms with Gasteiger partial charge >= 0.3 is 0 Å². The van der Waals surface area contributed by atoms with Crippen LogP contribution in [0, 0.1) is 0 Å². The highest BCUT2D eigenvalue weighted by Gasteiger charge is 2.23. The quantitative estimate of drug-likeness (QED) is 0.156. The van der Waals surface area contributed by atoms with Crippen LogP contribution in [0.4, 0.5) is 17.1 Å². The molecule has 0 fully saturated rings. The summed E-state index contributed by atoms with van der Waals surface area (Å²) in [6.45, 7) is 0. The van der Waals surface area contributed by atoms with E-state index in [0.717, 1.165) is 49.8 Å². The zero-order chi connectivity index (χ0) is 42.1. The predicted octanol–water partition coefficient (Wildman–Crippen LogP) is 17.8. The predicted molar refractivity (Wildman–Crippen MR) is 272 cm³/mol. The van der Waals surface area contributed by atoms with Crippen LogP contribution in [-0.4, -0.2) is 0 Å². The molecule has 1 heterocycles. The van der Waals surface area contributed by atoms with E-state index in [0.29, 0.717) is 0 Å². The minimum Gasteiger partial charge on any atom is -0.455 e. The molecule has 0 radical (unpaired) electrons. The molecule has 13 aromatic rings. The Morgan fingerprint density at radius 3 is 1.55 bits per heavy atom. The van der Waals surface area contributed by atoms with Gasteiger partial charge in [0, 0.05) is 22.1 Å². The second-order valence-corrected chi connectivity index (χ2v) is 16.8. The van der Waals surface area contributed by atoms with E-state index in [4.69, 9.17) is 4.42 Å². The van der Waals surface area contributed by atoms with Gasteiger partial charge in [-0.25, -0.2) is 0 Å². The normalized spacial score (nSPS) is 11.8. The van der Waals surface area contributed by atoms with Crippen molar-refractivity contribution in [2.24, 2.45) is 0 Å². The Labute approximate surface area is 370 Å². The standard InChI is InChI=1S/C62H39NO/c1-2-14-41(15-3-1)50-34-35-51(55-22-9-8-21-54(50)55)42-29-31-47(32-30-42)63(59-39-44-17-5-7-19-52(44)62-61(59)57-24-12-13-25-60(57)64-62)48-33-28-40-26-27-45(36-46(40)37-48)58-38-43-16-4-6-18-49(43)53-20-10-11-23-56(53)58/h1-39H. The van der Waals surface area contributed by atoms with Gasteiger partial charge in [-0.3, -0.25) is 0 Å². The van der Waals surface area contributed by atoms with E-state index in [1.54, 1.807) is 0 Å². The van der Waals surface area contributed by atoms with Crippen molar-refractivity contribution in [2.45, 2.75) is 0 Å². The Kier molecular flexibility index (Phi) is 8.25. The van der Waals surface area contributed by atoms with Gasteiger partial charge in [0.25, 0.3) is 0 Å². The number of para-hydroxylation sites is 1. The highest BCUT2D eigenvalue weighted by Crippen LogP contribution is 2.47. The van der Waals surface area contributed by atoms with Gasteiger partial charge in [-0.2, -0.15) is 0 Å². The molecule has 0 aliphatic heterocycles. The first-order valence-corrected chi connectivity index (χ1v) is 22.0. The molecule has 2 heteroatoms. The van der Waals surface area contributed by atoms with Gasteiger partial charge in [-0.1, -0.05) is 188 Å². The number of anilines is 3. The summed E-state index contributed by atoms with van der Waals surface area (Å²) in [4.78, 5) is 2.43. The maximum Gasteiger partial charge on any atom is 0.145 e. The Hall–Kier alpha value is -8.46.